The topological polar surface area (TPSA) is 99.1 Å². The maximum Gasteiger partial charge on any atom is 0.328 e. The summed E-state index contributed by atoms with van der Waals surface area (Å²) in [5.41, 5.74) is 0.493. The molecule has 1 aromatic heterocycles. The predicted molar refractivity (Wildman–Crippen MR) is 104 cm³/mol. The van der Waals surface area contributed by atoms with Crippen LogP contribution < -0.4 is 19.3 Å². The number of methoxy groups -OCH3 is 1. The number of ether oxygens (including phenoxy) is 4. The lowest BCUT2D eigenvalue weighted by Crippen LogP contribution is -2.40. The van der Waals surface area contributed by atoms with Crippen LogP contribution in [-0.2, 0) is 9.47 Å². The molecule has 0 atom stereocenters. The number of hydrogen-bond donors (Lipinski definition) is 0. The third-order valence-electron chi connectivity index (χ3n) is 4.70. The number of anilines is 2. The van der Waals surface area contributed by atoms with E-state index in [1.165, 1.54) is 7.11 Å². The largest absolute Gasteiger partial charge is 0.493 e. The van der Waals surface area contributed by atoms with E-state index in [2.05, 4.69) is 24.8 Å². The van der Waals surface area contributed by atoms with Gasteiger partial charge in [-0.2, -0.15) is 15.0 Å². The standard InChI is InChI=1S/C19H23N5O5/c1-26-16-12-14(13-25)2-3-15(16)29-19-21-17(23-4-8-27-9-5-23)20-18(22-19)24-6-10-28-11-7-24/h2-3,12-13H,4-11H2,1H3. The smallest absolute Gasteiger partial charge is 0.328 e. The fourth-order valence-electron chi connectivity index (χ4n) is 3.13. The van der Waals surface area contributed by atoms with Crippen molar-refractivity contribution in [2.45, 2.75) is 0 Å². The normalized spacial score (nSPS) is 17.1. The minimum Gasteiger partial charge on any atom is -0.493 e. The van der Waals surface area contributed by atoms with Gasteiger partial charge >= 0.3 is 6.01 Å². The van der Waals surface area contributed by atoms with Crippen molar-refractivity contribution in [3.8, 4) is 17.5 Å². The first-order valence-electron chi connectivity index (χ1n) is 9.49. The summed E-state index contributed by atoms with van der Waals surface area (Å²) in [7, 11) is 1.52. The third kappa shape index (κ3) is 4.54. The Bertz CT molecular complexity index is 817. The van der Waals surface area contributed by atoms with E-state index < -0.39 is 0 Å². The number of carbonyl (C=O) groups is 1. The molecule has 10 heteroatoms. The van der Waals surface area contributed by atoms with Crippen molar-refractivity contribution in [2.75, 3.05) is 69.5 Å². The van der Waals surface area contributed by atoms with Crippen LogP contribution in [-0.4, -0.2) is 81.0 Å². The van der Waals surface area contributed by atoms with E-state index in [1.807, 2.05) is 0 Å². The second kappa shape index (κ2) is 9.01. The Balaban J connectivity index is 1.66. The second-order valence-corrected chi connectivity index (χ2v) is 6.55. The minimum atomic E-state index is 0.167. The summed E-state index contributed by atoms with van der Waals surface area (Å²) in [5.74, 6) is 1.94. The van der Waals surface area contributed by atoms with Gasteiger partial charge in [-0.05, 0) is 18.2 Å². The lowest BCUT2D eigenvalue weighted by Gasteiger charge is -2.30. The van der Waals surface area contributed by atoms with Crippen LogP contribution in [0.4, 0.5) is 11.9 Å². The van der Waals surface area contributed by atoms with Gasteiger partial charge < -0.3 is 28.7 Å². The predicted octanol–water partition coefficient (Wildman–Crippen LogP) is 1.16. The molecule has 0 radical (unpaired) electrons. The van der Waals surface area contributed by atoms with Gasteiger partial charge in [-0.25, -0.2) is 0 Å². The molecule has 2 aliphatic rings. The zero-order valence-corrected chi connectivity index (χ0v) is 16.2. The number of hydrogen-bond acceptors (Lipinski definition) is 10. The zero-order valence-electron chi connectivity index (χ0n) is 16.2. The van der Waals surface area contributed by atoms with Crippen LogP contribution >= 0.6 is 0 Å². The van der Waals surface area contributed by atoms with Crippen LogP contribution in [0.2, 0.25) is 0 Å². The van der Waals surface area contributed by atoms with E-state index in [4.69, 9.17) is 18.9 Å². The Morgan fingerprint density at radius 3 is 2.00 bits per heavy atom. The first kappa shape index (κ1) is 19.3. The lowest BCUT2D eigenvalue weighted by molar-refractivity contribution is 0.112. The Morgan fingerprint density at radius 2 is 1.48 bits per heavy atom. The highest BCUT2D eigenvalue weighted by Gasteiger charge is 2.22. The molecule has 29 heavy (non-hydrogen) atoms. The van der Waals surface area contributed by atoms with Gasteiger partial charge in [-0.15, -0.1) is 0 Å². The van der Waals surface area contributed by atoms with Crippen molar-refractivity contribution in [2.24, 2.45) is 0 Å². The van der Waals surface area contributed by atoms with Gasteiger partial charge in [0, 0.05) is 31.7 Å². The van der Waals surface area contributed by atoms with Crippen LogP contribution in [0.25, 0.3) is 0 Å². The highest BCUT2D eigenvalue weighted by Crippen LogP contribution is 2.32. The molecule has 0 bridgehead atoms. The Kier molecular flexibility index (Phi) is 6.01. The molecule has 0 unspecified atom stereocenters. The van der Waals surface area contributed by atoms with Crippen molar-refractivity contribution < 1.29 is 23.7 Å². The molecule has 2 saturated heterocycles. The van der Waals surface area contributed by atoms with E-state index in [-0.39, 0.29) is 6.01 Å². The first-order chi connectivity index (χ1) is 14.3. The summed E-state index contributed by atoms with van der Waals surface area (Å²) in [5, 5.41) is 0. The Labute approximate surface area is 168 Å². The molecule has 0 N–H and O–H groups in total. The number of nitrogens with zero attached hydrogens (tertiary/aromatic N) is 5. The van der Waals surface area contributed by atoms with Gasteiger partial charge in [0.15, 0.2) is 11.5 Å². The fraction of sp³-hybridized carbons (Fsp3) is 0.474. The first-order valence-corrected chi connectivity index (χ1v) is 9.49. The van der Waals surface area contributed by atoms with Gasteiger partial charge in [0.05, 0.1) is 33.5 Å². The molecule has 0 amide bonds. The lowest BCUT2D eigenvalue weighted by atomic mass is 10.2. The molecular formula is C19H23N5O5. The Hall–Kier alpha value is -2.98. The average molecular weight is 401 g/mol. The third-order valence-corrected chi connectivity index (χ3v) is 4.70. The summed E-state index contributed by atoms with van der Waals surface area (Å²) in [6, 6.07) is 5.09. The van der Waals surface area contributed by atoms with Crippen LogP contribution in [0, 0.1) is 0 Å². The van der Waals surface area contributed by atoms with Crippen LogP contribution in [0.5, 0.6) is 17.5 Å². The molecule has 2 aromatic rings. The van der Waals surface area contributed by atoms with Gasteiger partial charge in [0.1, 0.15) is 6.29 Å². The van der Waals surface area contributed by atoms with Crippen molar-refractivity contribution in [1.82, 2.24) is 15.0 Å². The van der Waals surface area contributed by atoms with Gasteiger partial charge in [-0.1, -0.05) is 0 Å². The zero-order chi connectivity index (χ0) is 20.1. The van der Waals surface area contributed by atoms with Gasteiger partial charge in [0.25, 0.3) is 0 Å². The molecule has 154 valence electrons. The Morgan fingerprint density at radius 1 is 0.897 bits per heavy atom. The SMILES string of the molecule is COc1cc(C=O)ccc1Oc1nc(N2CCOCC2)nc(N2CCOCC2)n1. The molecule has 3 heterocycles. The summed E-state index contributed by atoms with van der Waals surface area (Å²) in [6.45, 7) is 5.27. The van der Waals surface area contributed by atoms with Crippen molar-refractivity contribution in [3.63, 3.8) is 0 Å². The van der Waals surface area contributed by atoms with Gasteiger partial charge in [-0.3, -0.25) is 4.79 Å². The summed E-state index contributed by atoms with van der Waals surface area (Å²) in [6.07, 6.45) is 0.752. The summed E-state index contributed by atoms with van der Waals surface area (Å²) < 4.78 is 22.1. The average Bonchev–Trinajstić information content (AvgIpc) is 2.80. The van der Waals surface area contributed by atoms with Crippen LogP contribution in [0.3, 0.4) is 0 Å². The van der Waals surface area contributed by atoms with Crippen molar-refractivity contribution in [3.05, 3.63) is 23.8 Å². The number of benzene rings is 1. The number of rotatable bonds is 6. The molecule has 10 nitrogen and oxygen atoms in total. The minimum absolute atomic E-state index is 0.167. The molecule has 0 saturated carbocycles. The highest BCUT2D eigenvalue weighted by atomic mass is 16.5. The summed E-state index contributed by atoms with van der Waals surface area (Å²) in [4.78, 5) is 28.8. The van der Waals surface area contributed by atoms with E-state index in [1.54, 1.807) is 18.2 Å². The van der Waals surface area contributed by atoms with E-state index in [0.29, 0.717) is 81.6 Å². The molecule has 4 rings (SSSR count). The molecule has 0 aliphatic carbocycles. The van der Waals surface area contributed by atoms with E-state index in [0.717, 1.165) is 6.29 Å². The molecule has 0 spiro atoms. The number of morpholine rings is 2. The second-order valence-electron chi connectivity index (χ2n) is 6.55. The maximum absolute atomic E-state index is 11.0. The number of aldehydes is 1. The molecule has 2 aliphatic heterocycles. The summed E-state index contributed by atoms with van der Waals surface area (Å²) >= 11 is 0. The molecule has 2 fully saturated rings. The van der Waals surface area contributed by atoms with Crippen molar-refractivity contribution >= 4 is 18.2 Å². The van der Waals surface area contributed by atoms with Crippen LogP contribution in [0.15, 0.2) is 18.2 Å². The van der Waals surface area contributed by atoms with Crippen LogP contribution in [0.1, 0.15) is 10.4 Å². The molecule has 1 aromatic carbocycles. The molecular weight excluding hydrogens is 378 g/mol. The van der Waals surface area contributed by atoms with E-state index in [9.17, 15) is 4.79 Å². The van der Waals surface area contributed by atoms with Crippen molar-refractivity contribution in [1.29, 1.82) is 0 Å². The monoisotopic (exact) mass is 401 g/mol. The maximum atomic E-state index is 11.0. The van der Waals surface area contributed by atoms with E-state index >= 15 is 0 Å². The van der Waals surface area contributed by atoms with Gasteiger partial charge in [0.2, 0.25) is 11.9 Å². The highest BCUT2D eigenvalue weighted by molar-refractivity contribution is 5.76. The fourth-order valence-corrected chi connectivity index (χ4v) is 3.13. The quantitative estimate of drug-likeness (QED) is 0.656. The number of carbonyl (C=O) groups excluding carboxylic acids is 1. The number of aromatic nitrogens is 3.